The minimum Gasteiger partial charge on any atom is -0.465 e. The molecule has 0 aromatic heterocycles. The Morgan fingerprint density at radius 1 is 1.28 bits per heavy atom. The molecule has 1 heterocycles. The highest BCUT2D eigenvalue weighted by Crippen LogP contribution is 2.47. The molecule has 2 unspecified atom stereocenters. The highest BCUT2D eigenvalue weighted by atomic mass is 19.1. The molecule has 2 N–H and O–H groups in total. The van der Waals surface area contributed by atoms with Crippen LogP contribution in [0.25, 0.3) is 0 Å². The number of piperidine rings is 1. The molecule has 1 saturated heterocycles. The molecule has 3 rings (SSSR count). The number of rotatable bonds is 2. The minimum absolute atomic E-state index is 0.0434. The van der Waals surface area contributed by atoms with Crippen molar-refractivity contribution in [2.45, 2.75) is 6.42 Å². The number of amides is 1. The average molecular weight is 254 g/mol. The quantitative estimate of drug-likeness (QED) is 0.852. The Labute approximate surface area is 102 Å². The van der Waals surface area contributed by atoms with E-state index in [1.807, 2.05) is 5.32 Å². The number of carbonyl (C=O) groups is 1. The van der Waals surface area contributed by atoms with Crippen LogP contribution in [-0.4, -0.2) is 24.3 Å². The minimum atomic E-state index is -1.34. The number of nitrogens with one attached hydrogen (secondary N) is 1. The van der Waals surface area contributed by atoms with Crippen molar-refractivity contribution in [3.05, 3.63) is 23.8 Å². The fraction of sp³-hybridized carbons (Fsp3) is 0.417. The molecular formula is C12H12F2N2O2. The van der Waals surface area contributed by atoms with E-state index < -0.39 is 17.7 Å². The van der Waals surface area contributed by atoms with Gasteiger partial charge in [0.2, 0.25) is 0 Å². The predicted octanol–water partition coefficient (Wildman–Crippen LogP) is 2.51. The van der Waals surface area contributed by atoms with E-state index in [2.05, 4.69) is 0 Å². The van der Waals surface area contributed by atoms with Gasteiger partial charge in [0.1, 0.15) is 5.69 Å². The highest BCUT2D eigenvalue weighted by molar-refractivity contribution is 5.83. The summed E-state index contributed by atoms with van der Waals surface area (Å²) in [6, 6.07) is 2.02. The standard InChI is InChI=1S/C12H12F2N2O2/c13-9-2-8(15-12(17)18)3-10(14)11(9)16-4-6-1-7(6)5-16/h2-3,6-7,15H,1,4-5H2,(H,17,18). The Hall–Kier alpha value is -1.85. The van der Waals surface area contributed by atoms with Gasteiger partial charge in [0.25, 0.3) is 0 Å². The molecule has 4 nitrogen and oxygen atoms in total. The van der Waals surface area contributed by atoms with Crippen LogP contribution in [0.15, 0.2) is 12.1 Å². The summed E-state index contributed by atoms with van der Waals surface area (Å²) in [7, 11) is 0. The summed E-state index contributed by atoms with van der Waals surface area (Å²) < 4.78 is 27.7. The molecule has 1 aliphatic heterocycles. The van der Waals surface area contributed by atoms with Gasteiger partial charge < -0.3 is 10.0 Å². The van der Waals surface area contributed by atoms with Crippen molar-refractivity contribution >= 4 is 17.5 Å². The first-order valence-corrected chi connectivity index (χ1v) is 5.78. The van der Waals surface area contributed by atoms with Gasteiger partial charge in [-0.25, -0.2) is 13.6 Å². The second-order valence-electron chi connectivity index (χ2n) is 4.88. The summed E-state index contributed by atoms with van der Waals surface area (Å²) in [4.78, 5) is 12.1. The van der Waals surface area contributed by atoms with Gasteiger partial charge >= 0.3 is 6.09 Å². The molecule has 1 aromatic rings. The Balaban J connectivity index is 1.88. The van der Waals surface area contributed by atoms with Gasteiger partial charge in [-0.1, -0.05) is 0 Å². The van der Waals surface area contributed by atoms with Gasteiger partial charge in [-0.2, -0.15) is 0 Å². The molecule has 18 heavy (non-hydrogen) atoms. The molecule has 2 aliphatic rings. The van der Waals surface area contributed by atoms with E-state index in [1.165, 1.54) is 0 Å². The van der Waals surface area contributed by atoms with Gasteiger partial charge in [0.15, 0.2) is 11.6 Å². The maximum atomic E-state index is 13.8. The summed E-state index contributed by atoms with van der Waals surface area (Å²) in [5, 5.41) is 10.4. The van der Waals surface area contributed by atoms with Crippen molar-refractivity contribution in [1.29, 1.82) is 0 Å². The molecule has 96 valence electrons. The smallest absolute Gasteiger partial charge is 0.409 e. The maximum Gasteiger partial charge on any atom is 0.409 e. The fourth-order valence-corrected chi connectivity index (χ4v) is 2.64. The second kappa shape index (κ2) is 3.83. The van der Waals surface area contributed by atoms with E-state index in [0.717, 1.165) is 18.6 Å². The van der Waals surface area contributed by atoms with Crippen LogP contribution >= 0.6 is 0 Å². The molecule has 1 aliphatic carbocycles. The van der Waals surface area contributed by atoms with Crippen molar-refractivity contribution in [3.63, 3.8) is 0 Å². The number of carboxylic acid groups (broad SMARTS) is 1. The zero-order chi connectivity index (χ0) is 12.9. The van der Waals surface area contributed by atoms with Crippen molar-refractivity contribution in [2.24, 2.45) is 11.8 Å². The normalized spacial score (nSPS) is 24.9. The average Bonchev–Trinajstić information content (AvgIpc) is 2.84. The van der Waals surface area contributed by atoms with Gasteiger partial charge in [-0.3, -0.25) is 5.32 Å². The third-order valence-electron chi connectivity index (χ3n) is 3.56. The van der Waals surface area contributed by atoms with Crippen LogP contribution in [-0.2, 0) is 0 Å². The topological polar surface area (TPSA) is 52.6 Å². The van der Waals surface area contributed by atoms with E-state index in [1.54, 1.807) is 4.90 Å². The molecule has 1 amide bonds. The number of nitrogens with zero attached hydrogens (tertiary/aromatic N) is 1. The van der Waals surface area contributed by atoms with Crippen molar-refractivity contribution in [1.82, 2.24) is 0 Å². The van der Waals surface area contributed by atoms with Gasteiger partial charge in [0.05, 0.1) is 0 Å². The highest BCUT2D eigenvalue weighted by Gasteiger charge is 2.46. The Morgan fingerprint density at radius 2 is 1.83 bits per heavy atom. The summed E-state index contributed by atoms with van der Waals surface area (Å²) in [5.41, 5.74) is -0.135. The Morgan fingerprint density at radius 3 is 2.33 bits per heavy atom. The Kier molecular flexibility index (Phi) is 2.39. The van der Waals surface area contributed by atoms with Gasteiger partial charge in [0, 0.05) is 18.8 Å². The lowest BCUT2D eigenvalue weighted by Crippen LogP contribution is -2.24. The molecule has 2 fully saturated rings. The molecular weight excluding hydrogens is 242 g/mol. The number of hydrogen-bond donors (Lipinski definition) is 2. The lowest BCUT2D eigenvalue weighted by atomic mass is 10.2. The summed E-state index contributed by atoms with van der Waals surface area (Å²) in [6.45, 7) is 1.37. The van der Waals surface area contributed by atoms with E-state index in [4.69, 9.17) is 5.11 Å². The third kappa shape index (κ3) is 1.87. The SMILES string of the molecule is O=C(O)Nc1cc(F)c(N2CC3CC3C2)c(F)c1. The van der Waals surface area contributed by atoms with Crippen LogP contribution < -0.4 is 10.2 Å². The lowest BCUT2D eigenvalue weighted by Gasteiger charge is -2.21. The van der Waals surface area contributed by atoms with Crippen LogP contribution in [0.2, 0.25) is 0 Å². The van der Waals surface area contributed by atoms with Gasteiger partial charge in [-0.15, -0.1) is 0 Å². The fourth-order valence-electron chi connectivity index (χ4n) is 2.64. The third-order valence-corrected chi connectivity index (χ3v) is 3.56. The first kappa shape index (κ1) is 11.3. The zero-order valence-electron chi connectivity index (χ0n) is 9.49. The largest absolute Gasteiger partial charge is 0.465 e. The maximum absolute atomic E-state index is 13.8. The van der Waals surface area contributed by atoms with E-state index in [-0.39, 0.29) is 11.4 Å². The molecule has 2 atom stereocenters. The molecule has 0 spiro atoms. The summed E-state index contributed by atoms with van der Waals surface area (Å²) in [5.74, 6) is -0.304. The number of halogens is 2. The zero-order valence-corrected chi connectivity index (χ0v) is 9.49. The first-order chi connectivity index (χ1) is 8.54. The van der Waals surface area contributed by atoms with E-state index >= 15 is 0 Å². The number of hydrogen-bond acceptors (Lipinski definition) is 2. The van der Waals surface area contributed by atoms with Crippen molar-refractivity contribution in [2.75, 3.05) is 23.3 Å². The molecule has 0 bridgehead atoms. The van der Waals surface area contributed by atoms with Crippen LogP contribution in [0, 0.1) is 23.5 Å². The first-order valence-electron chi connectivity index (χ1n) is 5.78. The summed E-state index contributed by atoms with van der Waals surface area (Å²) >= 11 is 0. The monoisotopic (exact) mass is 254 g/mol. The van der Waals surface area contributed by atoms with E-state index in [0.29, 0.717) is 24.9 Å². The Bertz CT molecular complexity index is 488. The predicted molar refractivity (Wildman–Crippen MR) is 61.8 cm³/mol. The van der Waals surface area contributed by atoms with Crippen LogP contribution in [0.1, 0.15) is 6.42 Å². The van der Waals surface area contributed by atoms with Crippen molar-refractivity contribution in [3.8, 4) is 0 Å². The van der Waals surface area contributed by atoms with Crippen LogP contribution in [0.5, 0.6) is 0 Å². The lowest BCUT2D eigenvalue weighted by molar-refractivity contribution is 0.209. The summed E-state index contributed by atoms with van der Waals surface area (Å²) in [6.07, 6.45) is -0.192. The number of anilines is 2. The number of fused-ring (bicyclic) bond motifs is 1. The molecule has 1 aromatic carbocycles. The molecule has 6 heteroatoms. The molecule has 0 radical (unpaired) electrons. The number of benzene rings is 1. The van der Waals surface area contributed by atoms with Crippen molar-refractivity contribution < 1.29 is 18.7 Å². The molecule has 1 saturated carbocycles. The van der Waals surface area contributed by atoms with E-state index in [9.17, 15) is 13.6 Å². The van der Waals surface area contributed by atoms with Crippen LogP contribution in [0.3, 0.4) is 0 Å². The van der Waals surface area contributed by atoms with Crippen LogP contribution in [0.4, 0.5) is 25.0 Å². The van der Waals surface area contributed by atoms with Gasteiger partial charge in [-0.05, 0) is 30.4 Å². The second-order valence-corrected chi connectivity index (χ2v) is 4.88.